The van der Waals surface area contributed by atoms with E-state index in [1.165, 1.54) is 4.90 Å². The number of aliphatic hydroxyl groups is 1. The maximum absolute atomic E-state index is 8.99. The van der Waals surface area contributed by atoms with E-state index in [2.05, 4.69) is 12.1 Å². The molecule has 2 rings (SSSR count). The molecule has 0 spiro atoms. The molecule has 0 fully saturated rings. The van der Waals surface area contributed by atoms with Gasteiger partial charge in [-0.1, -0.05) is 24.8 Å². The zero-order valence-corrected chi connectivity index (χ0v) is 8.30. The van der Waals surface area contributed by atoms with Gasteiger partial charge in [-0.3, -0.25) is 0 Å². The van der Waals surface area contributed by atoms with Crippen LogP contribution in [0.4, 0.5) is 0 Å². The lowest BCUT2D eigenvalue weighted by atomic mass is 10.0. The number of rotatable bonds is 2. The van der Waals surface area contributed by atoms with Crippen molar-refractivity contribution in [3.05, 3.63) is 23.8 Å². The smallest absolute Gasteiger partial charge is 0.138 e. The average Bonchev–Trinajstić information content (AvgIpc) is 2.63. The van der Waals surface area contributed by atoms with Gasteiger partial charge in [0.15, 0.2) is 0 Å². The first-order chi connectivity index (χ1) is 6.31. The molecule has 0 amide bonds. The second-order valence-electron chi connectivity index (χ2n) is 3.20. The predicted octanol–water partition coefficient (Wildman–Crippen LogP) is 2.22. The van der Waals surface area contributed by atoms with E-state index in [1.54, 1.807) is 11.8 Å². The molecular formula is C10H12O2S. The number of hydrogen-bond donors (Lipinski definition) is 1. The lowest BCUT2D eigenvalue weighted by Crippen LogP contribution is -1.98. The van der Waals surface area contributed by atoms with E-state index in [-0.39, 0.29) is 12.5 Å². The molecule has 1 aromatic carbocycles. The van der Waals surface area contributed by atoms with Crippen LogP contribution in [0.3, 0.4) is 0 Å². The summed E-state index contributed by atoms with van der Waals surface area (Å²) in [4.78, 5) is 1.20. The van der Waals surface area contributed by atoms with Crippen LogP contribution in [0.2, 0.25) is 0 Å². The van der Waals surface area contributed by atoms with Crippen molar-refractivity contribution in [1.82, 2.24) is 0 Å². The maximum Gasteiger partial charge on any atom is 0.138 e. The van der Waals surface area contributed by atoms with E-state index < -0.39 is 0 Å². The molecule has 2 nitrogen and oxygen atoms in total. The Labute approximate surface area is 81.9 Å². The first-order valence-corrected chi connectivity index (χ1v) is 5.30. The largest absolute Gasteiger partial charge is 0.481 e. The molecule has 0 aliphatic carbocycles. The van der Waals surface area contributed by atoms with Crippen LogP contribution in [0.15, 0.2) is 23.1 Å². The fraction of sp³-hybridized carbons (Fsp3) is 0.400. The summed E-state index contributed by atoms with van der Waals surface area (Å²) in [5, 5.41) is 8.99. The zero-order valence-electron chi connectivity index (χ0n) is 7.49. The minimum absolute atomic E-state index is 0.186. The second kappa shape index (κ2) is 3.60. The topological polar surface area (TPSA) is 29.5 Å². The lowest BCUT2D eigenvalue weighted by Gasteiger charge is -2.08. The summed E-state index contributed by atoms with van der Waals surface area (Å²) in [6.45, 7) is 2.19. The number of hydrogen-bond acceptors (Lipinski definition) is 3. The molecule has 0 radical (unpaired) electrons. The summed E-state index contributed by atoms with van der Waals surface area (Å²) >= 11 is 1.71. The minimum atomic E-state index is 0.186. The Balaban J connectivity index is 2.30. The number of aliphatic hydroxyl groups excluding tert-OH is 1. The van der Waals surface area contributed by atoms with E-state index in [0.717, 1.165) is 11.3 Å². The molecule has 1 aliphatic rings. The Hall–Kier alpha value is -0.670. The van der Waals surface area contributed by atoms with Crippen molar-refractivity contribution in [2.45, 2.75) is 17.7 Å². The van der Waals surface area contributed by atoms with Crippen LogP contribution >= 0.6 is 11.8 Å². The van der Waals surface area contributed by atoms with E-state index in [4.69, 9.17) is 9.84 Å². The highest BCUT2D eigenvalue weighted by molar-refractivity contribution is 7.99. The van der Waals surface area contributed by atoms with Gasteiger partial charge in [0.25, 0.3) is 0 Å². The van der Waals surface area contributed by atoms with Gasteiger partial charge in [-0.25, -0.2) is 0 Å². The van der Waals surface area contributed by atoms with Crippen molar-refractivity contribution < 1.29 is 9.84 Å². The van der Waals surface area contributed by atoms with E-state index in [1.807, 2.05) is 13.0 Å². The van der Waals surface area contributed by atoms with Crippen molar-refractivity contribution in [3.63, 3.8) is 0 Å². The first-order valence-electron chi connectivity index (χ1n) is 4.31. The minimum Gasteiger partial charge on any atom is -0.481 e. The summed E-state index contributed by atoms with van der Waals surface area (Å²) in [7, 11) is 0. The van der Waals surface area contributed by atoms with Crippen LogP contribution in [0.1, 0.15) is 18.4 Å². The molecule has 70 valence electrons. The number of fused-ring (bicyclic) bond motifs is 1. The van der Waals surface area contributed by atoms with Crippen LogP contribution in [-0.2, 0) is 0 Å². The Morgan fingerprint density at radius 1 is 1.62 bits per heavy atom. The van der Waals surface area contributed by atoms with Crippen LogP contribution in [0, 0.1) is 0 Å². The third-order valence-electron chi connectivity index (χ3n) is 2.24. The van der Waals surface area contributed by atoms with Crippen molar-refractivity contribution in [1.29, 1.82) is 0 Å². The maximum atomic E-state index is 8.99. The van der Waals surface area contributed by atoms with Gasteiger partial charge >= 0.3 is 0 Å². The summed E-state index contributed by atoms with van der Waals surface area (Å²) in [5.41, 5.74) is 1.14. The first kappa shape index (κ1) is 8.91. The SMILES string of the molecule is CC(CO)c1ccc2c(c1)OCS2. The van der Waals surface area contributed by atoms with Gasteiger partial charge in [-0.15, -0.1) is 0 Å². The molecule has 0 saturated carbocycles. The normalized spacial score (nSPS) is 16.5. The van der Waals surface area contributed by atoms with Gasteiger partial charge in [0.1, 0.15) is 11.7 Å². The third-order valence-corrected chi connectivity index (χ3v) is 3.12. The molecule has 0 saturated heterocycles. The summed E-state index contributed by atoms with van der Waals surface area (Å²) in [6.07, 6.45) is 0. The molecule has 1 atom stereocenters. The highest BCUT2D eigenvalue weighted by Gasteiger charge is 2.14. The lowest BCUT2D eigenvalue weighted by molar-refractivity contribution is 0.272. The molecule has 1 aromatic rings. The fourth-order valence-corrected chi connectivity index (χ4v) is 2.06. The highest BCUT2D eigenvalue weighted by atomic mass is 32.2. The van der Waals surface area contributed by atoms with Gasteiger partial charge < -0.3 is 9.84 Å². The Kier molecular flexibility index (Phi) is 2.47. The van der Waals surface area contributed by atoms with E-state index >= 15 is 0 Å². The van der Waals surface area contributed by atoms with E-state index in [0.29, 0.717) is 5.94 Å². The molecule has 1 heterocycles. The average molecular weight is 196 g/mol. The summed E-state index contributed by atoms with van der Waals surface area (Å²) in [5.74, 6) is 1.87. The fourth-order valence-electron chi connectivity index (χ4n) is 1.33. The van der Waals surface area contributed by atoms with E-state index in [9.17, 15) is 0 Å². The molecule has 0 bridgehead atoms. The predicted molar refractivity (Wildman–Crippen MR) is 53.3 cm³/mol. The number of thioether (sulfide) groups is 1. The van der Waals surface area contributed by atoms with Crippen LogP contribution in [0.5, 0.6) is 5.75 Å². The highest BCUT2D eigenvalue weighted by Crippen LogP contribution is 2.37. The quantitative estimate of drug-likeness (QED) is 0.786. The second-order valence-corrected chi connectivity index (χ2v) is 4.16. The summed E-state index contributed by atoms with van der Waals surface area (Å²) < 4.78 is 5.42. The van der Waals surface area contributed by atoms with Crippen molar-refractivity contribution in [2.75, 3.05) is 12.5 Å². The number of ether oxygens (including phenoxy) is 1. The van der Waals surface area contributed by atoms with Crippen molar-refractivity contribution in [2.24, 2.45) is 0 Å². The van der Waals surface area contributed by atoms with Gasteiger partial charge in [0.05, 0.1) is 4.90 Å². The van der Waals surface area contributed by atoms with Gasteiger partial charge in [-0.2, -0.15) is 0 Å². The Bertz CT molecular complexity index is 312. The molecule has 1 unspecified atom stereocenters. The third kappa shape index (κ3) is 1.67. The molecular weight excluding hydrogens is 184 g/mol. The van der Waals surface area contributed by atoms with Crippen LogP contribution in [-0.4, -0.2) is 17.7 Å². The van der Waals surface area contributed by atoms with Crippen molar-refractivity contribution in [3.8, 4) is 5.75 Å². The zero-order chi connectivity index (χ0) is 9.26. The molecule has 13 heavy (non-hydrogen) atoms. The Morgan fingerprint density at radius 3 is 3.23 bits per heavy atom. The monoisotopic (exact) mass is 196 g/mol. The van der Waals surface area contributed by atoms with Gasteiger partial charge in [0.2, 0.25) is 0 Å². The summed E-state index contributed by atoms with van der Waals surface area (Å²) in [6, 6.07) is 6.14. The van der Waals surface area contributed by atoms with Crippen molar-refractivity contribution >= 4 is 11.8 Å². The standard InChI is InChI=1S/C10H12O2S/c1-7(5-11)8-2-3-10-9(4-8)12-6-13-10/h2-4,7,11H,5-6H2,1H3. The van der Waals surface area contributed by atoms with Gasteiger partial charge in [0, 0.05) is 12.5 Å². The van der Waals surface area contributed by atoms with Crippen LogP contribution in [0.25, 0.3) is 0 Å². The van der Waals surface area contributed by atoms with Gasteiger partial charge in [-0.05, 0) is 17.7 Å². The molecule has 1 N–H and O–H groups in total. The van der Waals surface area contributed by atoms with Crippen LogP contribution < -0.4 is 4.74 Å². The number of benzene rings is 1. The molecule has 1 aliphatic heterocycles. The molecule has 0 aromatic heterocycles. The molecule has 3 heteroatoms. The Morgan fingerprint density at radius 2 is 2.46 bits per heavy atom.